The van der Waals surface area contributed by atoms with Crippen LogP contribution in [0.2, 0.25) is 0 Å². The van der Waals surface area contributed by atoms with E-state index in [0.717, 1.165) is 5.56 Å². The Morgan fingerprint density at radius 1 is 1.00 bits per heavy atom. The number of ether oxygens (including phenoxy) is 3. The molecular formula is C24H24N2O6S. The molecule has 8 nitrogen and oxygen atoms in total. The summed E-state index contributed by atoms with van der Waals surface area (Å²) in [4.78, 5) is 13.2. The Bertz CT molecular complexity index is 1210. The lowest BCUT2D eigenvalue weighted by Crippen LogP contribution is -2.45. The third-order valence-corrected chi connectivity index (χ3v) is 6.47. The van der Waals surface area contributed by atoms with Crippen molar-refractivity contribution < 1.29 is 27.4 Å². The molecule has 0 aliphatic carbocycles. The molecule has 3 aromatic rings. The number of benzene rings is 3. The Balaban J connectivity index is 1.55. The number of carbonyl (C=O) groups is 1. The summed E-state index contributed by atoms with van der Waals surface area (Å²) in [7, 11) is -3.97. The molecule has 0 saturated carbocycles. The smallest absolute Gasteiger partial charge is 0.242 e. The average Bonchev–Trinajstić information content (AvgIpc) is 3.28. The Kier molecular flexibility index (Phi) is 6.81. The molecule has 1 amide bonds. The Hall–Kier alpha value is -3.56. The van der Waals surface area contributed by atoms with E-state index in [1.54, 1.807) is 30.3 Å². The van der Waals surface area contributed by atoms with E-state index < -0.39 is 22.0 Å². The highest BCUT2D eigenvalue weighted by atomic mass is 32.2. The first-order valence-corrected chi connectivity index (χ1v) is 11.9. The molecule has 1 aliphatic rings. The van der Waals surface area contributed by atoms with Crippen LogP contribution in [0.5, 0.6) is 17.2 Å². The number of fused-ring (bicyclic) bond motifs is 1. The molecule has 0 unspecified atom stereocenters. The normalized spacial score (nSPS) is 13.4. The van der Waals surface area contributed by atoms with Gasteiger partial charge in [-0.25, -0.2) is 8.42 Å². The van der Waals surface area contributed by atoms with Gasteiger partial charge in [0, 0.05) is 11.8 Å². The van der Waals surface area contributed by atoms with Crippen LogP contribution in [0.15, 0.2) is 77.7 Å². The molecule has 0 bridgehead atoms. The predicted octanol–water partition coefficient (Wildman–Crippen LogP) is 3.34. The van der Waals surface area contributed by atoms with Crippen molar-refractivity contribution in [3.05, 3.63) is 78.4 Å². The maximum atomic E-state index is 13.1. The van der Waals surface area contributed by atoms with Crippen LogP contribution in [0.1, 0.15) is 12.5 Å². The second kappa shape index (κ2) is 9.93. The van der Waals surface area contributed by atoms with Crippen LogP contribution >= 0.6 is 0 Å². The molecule has 9 heteroatoms. The topological polar surface area (TPSA) is 103 Å². The van der Waals surface area contributed by atoms with E-state index in [-0.39, 0.29) is 18.1 Å². The Labute approximate surface area is 192 Å². The highest BCUT2D eigenvalue weighted by Crippen LogP contribution is 2.34. The fraction of sp³-hybridized carbons (Fsp3) is 0.208. The quantitative estimate of drug-likeness (QED) is 0.499. The van der Waals surface area contributed by atoms with Crippen LogP contribution in [0, 0.1) is 0 Å². The molecule has 2 N–H and O–H groups in total. The minimum atomic E-state index is -3.97. The van der Waals surface area contributed by atoms with Gasteiger partial charge in [0.25, 0.3) is 0 Å². The van der Waals surface area contributed by atoms with Crippen LogP contribution in [0.3, 0.4) is 0 Å². The molecule has 1 heterocycles. The van der Waals surface area contributed by atoms with E-state index in [2.05, 4.69) is 10.0 Å². The highest BCUT2D eigenvalue weighted by molar-refractivity contribution is 7.89. The molecule has 172 valence electrons. The van der Waals surface area contributed by atoms with Crippen LogP contribution in [-0.4, -0.2) is 33.8 Å². The molecule has 0 aromatic heterocycles. The zero-order valence-corrected chi connectivity index (χ0v) is 18.8. The van der Waals surface area contributed by atoms with Crippen molar-refractivity contribution in [1.82, 2.24) is 4.72 Å². The van der Waals surface area contributed by atoms with Crippen molar-refractivity contribution in [2.24, 2.45) is 0 Å². The van der Waals surface area contributed by atoms with Gasteiger partial charge in [0.05, 0.1) is 11.5 Å². The number of amides is 1. The molecule has 1 atom stereocenters. The fourth-order valence-electron chi connectivity index (χ4n) is 3.38. The maximum Gasteiger partial charge on any atom is 0.242 e. The van der Waals surface area contributed by atoms with Gasteiger partial charge in [-0.1, -0.05) is 30.3 Å². The summed E-state index contributed by atoms with van der Waals surface area (Å²) in [6.45, 7) is 2.44. The van der Waals surface area contributed by atoms with Gasteiger partial charge in [-0.3, -0.25) is 4.79 Å². The van der Waals surface area contributed by atoms with Crippen molar-refractivity contribution in [2.45, 2.75) is 24.3 Å². The number of carbonyl (C=O) groups excluding carboxylic acids is 1. The minimum Gasteiger partial charge on any atom is -0.494 e. The van der Waals surface area contributed by atoms with Gasteiger partial charge in [0.1, 0.15) is 11.8 Å². The second-order valence-corrected chi connectivity index (χ2v) is 9.04. The molecule has 33 heavy (non-hydrogen) atoms. The van der Waals surface area contributed by atoms with Crippen molar-refractivity contribution in [2.75, 3.05) is 18.7 Å². The number of hydrogen-bond donors (Lipinski definition) is 2. The van der Waals surface area contributed by atoms with Crippen molar-refractivity contribution in [3.63, 3.8) is 0 Å². The van der Waals surface area contributed by atoms with Gasteiger partial charge < -0.3 is 19.5 Å². The molecular weight excluding hydrogens is 444 g/mol. The monoisotopic (exact) mass is 468 g/mol. The van der Waals surface area contributed by atoms with Gasteiger partial charge >= 0.3 is 0 Å². The van der Waals surface area contributed by atoms with Gasteiger partial charge in [-0.2, -0.15) is 4.72 Å². The van der Waals surface area contributed by atoms with Crippen molar-refractivity contribution >= 4 is 21.6 Å². The molecule has 0 saturated heterocycles. The summed E-state index contributed by atoms with van der Waals surface area (Å²) >= 11 is 0. The molecule has 0 spiro atoms. The minimum absolute atomic E-state index is 0.0416. The molecule has 4 rings (SSSR count). The van der Waals surface area contributed by atoms with Crippen LogP contribution in [-0.2, 0) is 21.2 Å². The highest BCUT2D eigenvalue weighted by Gasteiger charge is 2.27. The van der Waals surface area contributed by atoms with Gasteiger partial charge in [-0.15, -0.1) is 0 Å². The van der Waals surface area contributed by atoms with Gasteiger partial charge in [0.15, 0.2) is 11.5 Å². The Morgan fingerprint density at radius 3 is 2.45 bits per heavy atom. The lowest BCUT2D eigenvalue weighted by molar-refractivity contribution is -0.117. The number of nitrogens with one attached hydrogen (secondary N) is 2. The van der Waals surface area contributed by atoms with Crippen LogP contribution in [0.4, 0.5) is 5.69 Å². The van der Waals surface area contributed by atoms with Gasteiger partial charge in [0.2, 0.25) is 22.7 Å². The lowest BCUT2D eigenvalue weighted by atomic mass is 10.1. The predicted molar refractivity (Wildman–Crippen MR) is 123 cm³/mol. The standard InChI is InChI=1S/C24H24N2O6S/c1-2-30-19-9-11-20(12-10-19)33(28,29)26-21(14-17-6-4-3-5-7-17)24(27)25-18-8-13-22-23(15-18)32-16-31-22/h3-13,15,21,26H,2,14,16H2,1H3,(H,25,27)/t21-/m0/s1. The summed E-state index contributed by atoms with van der Waals surface area (Å²) in [5.41, 5.74) is 1.29. The molecule has 3 aromatic carbocycles. The molecule has 1 aliphatic heterocycles. The summed E-state index contributed by atoms with van der Waals surface area (Å²) < 4.78 is 44.6. The van der Waals surface area contributed by atoms with E-state index in [0.29, 0.717) is 29.5 Å². The number of hydrogen-bond acceptors (Lipinski definition) is 6. The Morgan fingerprint density at radius 2 is 1.73 bits per heavy atom. The van der Waals surface area contributed by atoms with E-state index >= 15 is 0 Å². The number of anilines is 1. The number of rotatable bonds is 9. The van der Waals surface area contributed by atoms with E-state index in [1.807, 2.05) is 37.3 Å². The van der Waals surface area contributed by atoms with Crippen LogP contribution in [0.25, 0.3) is 0 Å². The average molecular weight is 469 g/mol. The van der Waals surface area contributed by atoms with Crippen molar-refractivity contribution in [1.29, 1.82) is 0 Å². The fourth-order valence-corrected chi connectivity index (χ4v) is 4.57. The van der Waals surface area contributed by atoms with E-state index in [1.165, 1.54) is 12.1 Å². The molecule has 0 radical (unpaired) electrons. The SMILES string of the molecule is CCOc1ccc(S(=O)(=O)N[C@@H](Cc2ccccc2)C(=O)Nc2ccc3c(c2)OCO3)cc1. The zero-order chi connectivity index (χ0) is 23.3. The second-order valence-electron chi connectivity index (χ2n) is 7.33. The first-order valence-electron chi connectivity index (χ1n) is 10.4. The van der Waals surface area contributed by atoms with Crippen molar-refractivity contribution in [3.8, 4) is 17.2 Å². The third-order valence-electron chi connectivity index (χ3n) is 4.98. The van der Waals surface area contributed by atoms with Gasteiger partial charge in [-0.05, 0) is 55.3 Å². The maximum absolute atomic E-state index is 13.1. The summed E-state index contributed by atoms with van der Waals surface area (Å²) in [5, 5.41) is 2.77. The lowest BCUT2D eigenvalue weighted by Gasteiger charge is -2.19. The number of sulfonamides is 1. The van der Waals surface area contributed by atoms with Crippen LogP contribution < -0.4 is 24.2 Å². The van der Waals surface area contributed by atoms with E-state index in [4.69, 9.17) is 14.2 Å². The van der Waals surface area contributed by atoms with E-state index in [9.17, 15) is 13.2 Å². The largest absolute Gasteiger partial charge is 0.494 e. The summed E-state index contributed by atoms with van der Waals surface area (Å²) in [6.07, 6.45) is 0.174. The molecule has 0 fully saturated rings. The third kappa shape index (κ3) is 5.63. The zero-order valence-electron chi connectivity index (χ0n) is 18.0. The first-order chi connectivity index (χ1) is 15.9. The summed E-state index contributed by atoms with van der Waals surface area (Å²) in [6, 6.07) is 19.2. The summed E-state index contributed by atoms with van der Waals surface area (Å²) in [5.74, 6) is 1.18. The first kappa shape index (κ1) is 22.6.